The van der Waals surface area contributed by atoms with Crippen molar-refractivity contribution in [1.82, 2.24) is 4.90 Å². The summed E-state index contributed by atoms with van der Waals surface area (Å²) in [6.07, 6.45) is 0. The summed E-state index contributed by atoms with van der Waals surface area (Å²) in [5.74, 6) is -0.457. The summed E-state index contributed by atoms with van der Waals surface area (Å²) in [6.45, 7) is 0.315. The zero-order valence-corrected chi connectivity index (χ0v) is 11.7. The highest BCUT2D eigenvalue weighted by Gasteiger charge is 2.19. The van der Waals surface area contributed by atoms with Crippen molar-refractivity contribution in [1.29, 1.82) is 0 Å². The highest BCUT2D eigenvalue weighted by molar-refractivity contribution is 9.09. The van der Waals surface area contributed by atoms with Crippen LogP contribution in [-0.4, -0.2) is 27.4 Å². The molecule has 1 aromatic rings. The summed E-state index contributed by atoms with van der Waals surface area (Å²) in [4.78, 5) is 24.3. The molecule has 16 heavy (non-hydrogen) atoms. The van der Waals surface area contributed by atoms with Gasteiger partial charge in [-0.3, -0.25) is 14.5 Å². The molecule has 1 rings (SSSR count). The Morgan fingerprint density at radius 2 is 1.50 bits per heavy atom. The molecule has 0 saturated heterocycles. The van der Waals surface area contributed by atoms with E-state index in [9.17, 15) is 9.59 Å². The van der Waals surface area contributed by atoms with E-state index in [0.29, 0.717) is 6.54 Å². The number of alkyl halides is 2. The first-order valence-corrected chi connectivity index (χ1v) is 6.92. The molecule has 0 spiro atoms. The van der Waals surface area contributed by atoms with Gasteiger partial charge in [0.25, 0.3) is 0 Å². The Morgan fingerprint density at radius 1 is 1.00 bits per heavy atom. The number of nitrogens with zero attached hydrogens (tertiary/aromatic N) is 1. The van der Waals surface area contributed by atoms with E-state index >= 15 is 0 Å². The smallest absolute Gasteiger partial charge is 0.240 e. The van der Waals surface area contributed by atoms with Crippen LogP contribution in [0, 0.1) is 0 Å². The first kappa shape index (κ1) is 13.4. The Balaban J connectivity index is 2.79. The minimum absolute atomic E-state index is 0.151. The molecule has 86 valence electrons. The second kappa shape index (κ2) is 6.81. The quantitative estimate of drug-likeness (QED) is 0.783. The predicted molar refractivity (Wildman–Crippen MR) is 69.6 cm³/mol. The molecule has 0 aromatic heterocycles. The molecular formula is C11H11Br2NO2. The Hall–Kier alpha value is -0.680. The van der Waals surface area contributed by atoms with Crippen molar-refractivity contribution < 1.29 is 9.59 Å². The molecule has 0 bridgehead atoms. The van der Waals surface area contributed by atoms with Gasteiger partial charge >= 0.3 is 0 Å². The number of carbonyl (C=O) groups excluding carboxylic acids is 2. The maximum absolute atomic E-state index is 11.6. The minimum atomic E-state index is -0.228. The molecule has 0 aliphatic carbocycles. The van der Waals surface area contributed by atoms with Crippen molar-refractivity contribution in [3.63, 3.8) is 0 Å². The third kappa shape index (κ3) is 3.72. The van der Waals surface area contributed by atoms with E-state index < -0.39 is 0 Å². The number of halogens is 2. The lowest BCUT2D eigenvalue weighted by Crippen LogP contribution is -2.37. The summed E-state index contributed by atoms with van der Waals surface area (Å²) >= 11 is 6.14. The van der Waals surface area contributed by atoms with Crippen LogP contribution < -0.4 is 0 Å². The average molecular weight is 349 g/mol. The van der Waals surface area contributed by atoms with Crippen molar-refractivity contribution in [3.05, 3.63) is 35.9 Å². The lowest BCUT2D eigenvalue weighted by atomic mass is 10.2. The van der Waals surface area contributed by atoms with Crippen molar-refractivity contribution in [2.75, 3.05) is 10.7 Å². The van der Waals surface area contributed by atoms with Crippen LogP contribution in [0.4, 0.5) is 0 Å². The Kier molecular flexibility index (Phi) is 5.69. The largest absolute Gasteiger partial charge is 0.277 e. The summed E-state index contributed by atoms with van der Waals surface area (Å²) in [5.41, 5.74) is 0.936. The summed E-state index contributed by atoms with van der Waals surface area (Å²) in [7, 11) is 0. The van der Waals surface area contributed by atoms with Crippen molar-refractivity contribution >= 4 is 43.7 Å². The molecule has 1 aromatic carbocycles. The van der Waals surface area contributed by atoms with Crippen LogP contribution in [0.5, 0.6) is 0 Å². The van der Waals surface area contributed by atoms with Crippen molar-refractivity contribution in [2.24, 2.45) is 0 Å². The van der Waals surface area contributed by atoms with Crippen LogP contribution >= 0.6 is 31.9 Å². The van der Waals surface area contributed by atoms with Gasteiger partial charge in [-0.2, -0.15) is 0 Å². The van der Waals surface area contributed by atoms with Gasteiger partial charge in [0.05, 0.1) is 17.2 Å². The zero-order chi connectivity index (χ0) is 12.0. The number of carbonyl (C=O) groups is 2. The fraction of sp³-hybridized carbons (Fsp3) is 0.273. The summed E-state index contributed by atoms with van der Waals surface area (Å²) in [6, 6.07) is 9.42. The van der Waals surface area contributed by atoms with E-state index in [1.54, 1.807) is 0 Å². The Morgan fingerprint density at radius 3 is 1.94 bits per heavy atom. The first-order valence-electron chi connectivity index (χ1n) is 4.68. The van der Waals surface area contributed by atoms with Gasteiger partial charge in [-0.1, -0.05) is 62.2 Å². The van der Waals surface area contributed by atoms with Crippen molar-refractivity contribution in [2.45, 2.75) is 6.54 Å². The van der Waals surface area contributed by atoms with E-state index in [0.717, 1.165) is 5.56 Å². The fourth-order valence-electron chi connectivity index (χ4n) is 1.23. The molecule has 0 aliphatic rings. The molecule has 0 atom stereocenters. The minimum Gasteiger partial charge on any atom is -0.277 e. The van der Waals surface area contributed by atoms with Gasteiger partial charge in [-0.15, -0.1) is 0 Å². The maximum atomic E-state index is 11.6. The SMILES string of the molecule is O=C(CBr)N(Cc1ccccc1)C(=O)CBr. The lowest BCUT2D eigenvalue weighted by molar-refractivity contribution is -0.142. The van der Waals surface area contributed by atoms with Crippen LogP contribution in [0.3, 0.4) is 0 Å². The fourth-order valence-corrected chi connectivity index (χ4v) is 1.83. The number of amides is 2. The van der Waals surface area contributed by atoms with E-state index in [-0.39, 0.29) is 22.5 Å². The van der Waals surface area contributed by atoms with Gasteiger partial charge in [-0.05, 0) is 5.56 Å². The molecule has 0 fully saturated rings. The maximum Gasteiger partial charge on any atom is 0.240 e. The van der Waals surface area contributed by atoms with Crippen LogP contribution in [0.1, 0.15) is 5.56 Å². The zero-order valence-electron chi connectivity index (χ0n) is 8.53. The molecule has 2 amide bonds. The lowest BCUT2D eigenvalue weighted by Gasteiger charge is -2.18. The van der Waals surface area contributed by atoms with E-state index in [4.69, 9.17) is 0 Å². The molecule has 5 heteroatoms. The second-order valence-electron chi connectivity index (χ2n) is 3.13. The average Bonchev–Trinajstić information content (AvgIpc) is 2.35. The molecule has 3 nitrogen and oxygen atoms in total. The van der Waals surface area contributed by atoms with Crippen LogP contribution in [-0.2, 0) is 16.1 Å². The number of imide groups is 1. The van der Waals surface area contributed by atoms with Crippen LogP contribution in [0.25, 0.3) is 0 Å². The standard InChI is InChI=1S/C11H11Br2NO2/c12-6-10(15)14(11(16)7-13)8-9-4-2-1-3-5-9/h1-5H,6-8H2. The Labute approximate surface area is 111 Å². The van der Waals surface area contributed by atoms with E-state index in [1.807, 2.05) is 30.3 Å². The van der Waals surface area contributed by atoms with Gasteiger partial charge in [0.15, 0.2) is 0 Å². The molecule has 0 radical (unpaired) electrons. The van der Waals surface area contributed by atoms with Gasteiger partial charge < -0.3 is 0 Å². The van der Waals surface area contributed by atoms with Crippen LogP contribution in [0.15, 0.2) is 30.3 Å². The third-order valence-electron chi connectivity index (χ3n) is 2.01. The molecule has 0 aliphatic heterocycles. The topological polar surface area (TPSA) is 37.4 Å². The Bertz CT molecular complexity index is 352. The number of hydrogen-bond acceptors (Lipinski definition) is 2. The summed E-state index contributed by atoms with van der Waals surface area (Å²) in [5, 5.41) is 0.303. The highest BCUT2D eigenvalue weighted by atomic mass is 79.9. The molecule has 0 heterocycles. The number of benzene rings is 1. The number of hydrogen-bond donors (Lipinski definition) is 0. The normalized spacial score (nSPS) is 9.88. The third-order valence-corrected chi connectivity index (χ3v) is 2.97. The predicted octanol–water partition coefficient (Wildman–Crippen LogP) is 2.33. The van der Waals surface area contributed by atoms with Gasteiger partial charge in [0.1, 0.15) is 0 Å². The first-order chi connectivity index (χ1) is 7.69. The summed E-state index contributed by atoms with van der Waals surface area (Å²) < 4.78 is 0. The van der Waals surface area contributed by atoms with Crippen LogP contribution in [0.2, 0.25) is 0 Å². The van der Waals surface area contributed by atoms with E-state index in [2.05, 4.69) is 31.9 Å². The van der Waals surface area contributed by atoms with Gasteiger partial charge in [0.2, 0.25) is 11.8 Å². The van der Waals surface area contributed by atoms with Crippen molar-refractivity contribution in [3.8, 4) is 0 Å². The van der Waals surface area contributed by atoms with E-state index in [1.165, 1.54) is 4.90 Å². The highest BCUT2D eigenvalue weighted by Crippen LogP contribution is 2.07. The second-order valence-corrected chi connectivity index (χ2v) is 4.25. The molecular weight excluding hydrogens is 338 g/mol. The molecule has 0 unspecified atom stereocenters. The monoisotopic (exact) mass is 347 g/mol. The molecule has 0 saturated carbocycles. The molecule has 0 N–H and O–H groups in total. The van der Waals surface area contributed by atoms with Gasteiger partial charge in [-0.25, -0.2) is 0 Å². The van der Waals surface area contributed by atoms with Gasteiger partial charge in [0, 0.05) is 0 Å². The number of rotatable bonds is 4.